The first kappa shape index (κ1) is 13.0. The maximum absolute atomic E-state index is 11.2. The summed E-state index contributed by atoms with van der Waals surface area (Å²) in [6.07, 6.45) is -0.413. The molecule has 0 fully saturated rings. The Morgan fingerprint density at radius 2 is 2.00 bits per heavy atom. The normalized spacial score (nSPS) is 11.6. The number of nitrogens with one attached hydrogen (secondary N) is 1. The highest BCUT2D eigenvalue weighted by Gasteiger charge is 2.10. The number of hydrogen-bond donors (Lipinski definition) is 2. The van der Waals surface area contributed by atoms with Gasteiger partial charge in [-0.25, -0.2) is 4.79 Å². The van der Waals surface area contributed by atoms with Crippen LogP contribution in [-0.4, -0.2) is 29.8 Å². The van der Waals surface area contributed by atoms with Gasteiger partial charge in [0.2, 0.25) is 0 Å². The predicted octanol–water partition coefficient (Wildman–Crippen LogP) is 1.43. The van der Waals surface area contributed by atoms with Crippen molar-refractivity contribution in [3.8, 4) is 0 Å². The lowest BCUT2D eigenvalue weighted by Gasteiger charge is -2.13. The Morgan fingerprint density at radius 3 is 2.59 bits per heavy atom. The van der Waals surface area contributed by atoms with E-state index in [1.54, 1.807) is 6.92 Å². The molecule has 17 heavy (non-hydrogen) atoms. The van der Waals surface area contributed by atoms with Crippen molar-refractivity contribution in [3.63, 3.8) is 0 Å². The second kappa shape index (κ2) is 6.52. The van der Waals surface area contributed by atoms with Gasteiger partial charge >= 0.3 is 12.1 Å². The van der Waals surface area contributed by atoms with E-state index in [2.05, 4.69) is 5.32 Å². The Bertz CT molecular complexity index is 377. The second-order valence-corrected chi connectivity index (χ2v) is 3.65. The number of carboxylic acids is 1. The Kier molecular flexibility index (Phi) is 5.00. The van der Waals surface area contributed by atoms with Gasteiger partial charge in [-0.15, -0.1) is 0 Å². The first-order valence-corrected chi connectivity index (χ1v) is 5.28. The number of hydrogen-bond acceptors (Lipinski definition) is 3. The molecule has 0 bridgehead atoms. The third-order valence-electron chi connectivity index (χ3n) is 2.06. The topological polar surface area (TPSA) is 75.6 Å². The number of ether oxygens (including phenoxy) is 1. The SMILES string of the molecule is CC(Cc1ccccc1)OC(=O)NCC(=O)O. The van der Waals surface area contributed by atoms with Crippen molar-refractivity contribution in [3.05, 3.63) is 35.9 Å². The van der Waals surface area contributed by atoms with E-state index in [0.717, 1.165) is 5.56 Å². The Morgan fingerprint density at radius 1 is 1.35 bits per heavy atom. The molecule has 2 N–H and O–H groups in total. The Hall–Kier alpha value is -2.04. The molecule has 92 valence electrons. The van der Waals surface area contributed by atoms with Crippen LogP contribution in [0.3, 0.4) is 0 Å². The molecule has 1 aromatic carbocycles. The maximum Gasteiger partial charge on any atom is 0.407 e. The summed E-state index contributed by atoms with van der Waals surface area (Å²) >= 11 is 0. The monoisotopic (exact) mass is 237 g/mol. The summed E-state index contributed by atoms with van der Waals surface area (Å²) in [5.41, 5.74) is 1.06. The lowest BCUT2D eigenvalue weighted by Crippen LogP contribution is -2.32. The number of carboxylic acid groups (broad SMARTS) is 1. The molecule has 0 aliphatic rings. The summed E-state index contributed by atoms with van der Waals surface area (Å²) < 4.78 is 4.99. The molecule has 1 rings (SSSR count). The summed E-state index contributed by atoms with van der Waals surface area (Å²) in [6.45, 7) is 1.32. The van der Waals surface area contributed by atoms with E-state index in [-0.39, 0.29) is 6.10 Å². The number of alkyl carbamates (subject to hydrolysis) is 1. The maximum atomic E-state index is 11.2. The summed E-state index contributed by atoms with van der Waals surface area (Å²) in [4.78, 5) is 21.4. The van der Waals surface area contributed by atoms with Crippen molar-refractivity contribution >= 4 is 12.1 Å². The number of aliphatic carboxylic acids is 1. The average Bonchev–Trinajstić information content (AvgIpc) is 2.27. The van der Waals surface area contributed by atoms with Crippen LogP contribution in [0, 0.1) is 0 Å². The van der Waals surface area contributed by atoms with E-state index < -0.39 is 18.6 Å². The average molecular weight is 237 g/mol. The molecule has 0 spiro atoms. The van der Waals surface area contributed by atoms with Crippen LogP contribution in [0.5, 0.6) is 0 Å². The zero-order valence-electron chi connectivity index (χ0n) is 9.55. The van der Waals surface area contributed by atoms with E-state index in [0.29, 0.717) is 6.42 Å². The zero-order chi connectivity index (χ0) is 12.7. The number of carbonyl (C=O) groups is 2. The molecule has 0 saturated heterocycles. The predicted molar refractivity (Wildman–Crippen MR) is 61.7 cm³/mol. The van der Waals surface area contributed by atoms with Gasteiger partial charge in [0, 0.05) is 6.42 Å². The van der Waals surface area contributed by atoms with Crippen LogP contribution in [0.1, 0.15) is 12.5 Å². The lowest BCUT2D eigenvalue weighted by molar-refractivity contribution is -0.135. The third-order valence-corrected chi connectivity index (χ3v) is 2.06. The van der Waals surface area contributed by atoms with Crippen LogP contribution in [0.25, 0.3) is 0 Å². The van der Waals surface area contributed by atoms with Crippen LogP contribution in [-0.2, 0) is 16.0 Å². The van der Waals surface area contributed by atoms with Gasteiger partial charge in [0.1, 0.15) is 12.6 Å². The van der Waals surface area contributed by atoms with Crippen molar-refractivity contribution < 1.29 is 19.4 Å². The molecule has 0 heterocycles. The zero-order valence-corrected chi connectivity index (χ0v) is 9.55. The molecular weight excluding hydrogens is 222 g/mol. The highest BCUT2D eigenvalue weighted by atomic mass is 16.6. The van der Waals surface area contributed by atoms with Crippen molar-refractivity contribution in [2.45, 2.75) is 19.4 Å². The molecule has 0 aliphatic carbocycles. The van der Waals surface area contributed by atoms with Gasteiger partial charge < -0.3 is 15.2 Å². The second-order valence-electron chi connectivity index (χ2n) is 3.65. The standard InChI is InChI=1S/C12H15NO4/c1-9(7-10-5-3-2-4-6-10)17-12(16)13-8-11(14)15/h2-6,9H,7-8H2,1H3,(H,13,16)(H,14,15). The molecule has 5 nitrogen and oxygen atoms in total. The van der Waals surface area contributed by atoms with Crippen LogP contribution < -0.4 is 5.32 Å². The summed E-state index contributed by atoms with van der Waals surface area (Å²) in [6, 6.07) is 9.61. The number of amides is 1. The third kappa shape index (κ3) is 5.55. The molecular formula is C12H15NO4. The largest absolute Gasteiger partial charge is 0.480 e. The fourth-order valence-corrected chi connectivity index (χ4v) is 1.36. The number of rotatable bonds is 5. The minimum atomic E-state index is -1.10. The highest BCUT2D eigenvalue weighted by molar-refractivity contribution is 5.76. The first-order chi connectivity index (χ1) is 8.08. The Labute approximate surface area is 99.4 Å². The Balaban J connectivity index is 2.32. The first-order valence-electron chi connectivity index (χ1n) is 5.28. The van der Waals surface area contributed by atoms with Crippen LogP contribution in [0.2, 0.25) is 0 Å². The van der Waals surface area contributed by atoms with Crippen LogP contribution in [0.4, 0.5) is 4.79 Å². The van der Waals surface area contributed by atoms with Gasteiger partial charge in [-0.3, -0.25) is 4.79 Å². The van der Waals surface area contributed by atoms with E-state index in [4.69, 9.17) is 9.84 Å². The van der Waals surface area contributed by atoms with Gasteiger partial charge in [-0.2, -0.15) is 0 Å². The molecule has 1 unspecified atom stereocenters. The summed E-state index contributed by atoms with van der Waals surface area (Å²) in [5, 5.41) is 10.5. The van der Waals surface area contributed by atoms with Gasteiger partial charge in [0.05, 0.1) is 0 Å². The van der Waals surface area contributed by atoms with E-state index >= 15 is 0 Å². The van der Waals surface area contributed by atoms with Gasteiger partial charge in [0.25, 0.3) is 0 Å². The molecule has 0 radical (unpaired) electrons. The van der Waals surface area contributed by atoms with Crippen molar-refractivity contribution in [2.75, 3.05) is 6.54 Å². The van der Waals surface area contributed by atoms with Crippen molar-refractivity contribution in [1.82, 2.24) is 5.32 Å². The molecule has 0 aliphatic heterocycles. The van der Waals surface area contributed by atoms with Gasteiger partial charge in [-0.05, 0) is 12.5 Å². The highest BCUT2D eigenvalue weighted by Crippen LogP contribution is 2.05. The molecule has 1 aromatic rings. The molecule has 1 amide bonds. The summed E-state index contributed by atoms with van der Waals surface area (Å²) in [5.74, 6) is -1.10. The minimum Gasteiger partial charge on any atom is -0.480 e. The molecule has 0 aromatic heterocycles. The van der Waals surface area contributed by atoms with Gasteiger partial charge in [-0.1, -0.05) is 30.3 Å². The fourth-order valence-electron chi connectivity index (χ4n) is 1.36. The van der Waals surface area contributed by atoms with E-state index in [1.807, 2.05) is 30.3 Å². The number of benzene rings is 1. The van der Waals surface area contributed by atoms with Crippen LogP contribution >= 0.6 is 0 Å². The van der Waals surface area contributed by atoms with Crippen molar-refractivity contribution in [1.29, 1.82) is 0 Å². The quantitative estimate of drug-likeness (QED) is 0.812. The smallest absolute Gasteiger partial charge is 0.407 e. The lowest BCUT2D eigenvalue weighted by atomic mass is 10.1. The van der Waals surface area contributed by atoms with E-state index in [9.17, 15) is 9.59 Å². The minimum absolute atomic E-state index is 0.300. The number of carbonyl (C=O) groups excluding carboxylic acids is 1. The summed E-state index contributed by atoms with van der Waals surface area (Å²) in [7, 11) is 0. The molecule has 5 heteroatoms. The fraction of sp³-hybridized carbons (Fsp3) is 0.333. The van der Waals surface area contributed by atoms with E-state index in [1.165, 1.54) is 0 Å². The van der Waals surface area contributed by atoms with Crippen LogP contribution in [0.15, 0.2) is 30.3 Å². The van der Waals surface area contributed by atoms with Gasteiger partial charge in [0.15, 0.2) is 0 Å². The van der Waals surface area contributed by atoms with Crippen molar-refractivity contribution in [2.24, 2.45) is 0 Å². The molecule has 1 atom stereocenters. The molecule has 0 saturated carbocycles.